The molecule has 1 aliphatic carbocycles. The van der Waals surface area contributed by atoms with Gasteiger partial charge in [-0.3, -0.25) is 4.90 Å². The van der Waals surface area contributed by atoms with E-state index in [4.69, 9.17) is 4.74 Å². The molecule has 0 amide bonds. The molecule has 3 nitrogen and oxygen atoms in total. The Hall–Kier alpha value is -0.900. The number of nitrogens with zero attached hydrogens (tertiary/aromatic N) is 1. The zero-order chi connectivity index (χ0) is 14.1. The van der Waals surface area contributed by atoms with Gasteiger partial charge >= 0.3 is 0 Å². The second-order valence-corrected chi connectivity index (χ2v) is 7.00. The first-order valence-electron chi connectivity index (χ1n) is 8.45. The standard InChI is InChI=1S/C18H26N2O/c1-2-4-15(5-3-1)17-14-21-11-6-18(17)12-16(13-18)20-9-7-19-8-10-20/h1-5,16-17,19H,6-14H2/t16?,17-,18?/m0/s1. The van der Waals surface area contributed by atoms with Crippen molar-refractivity contribution >= 4 is 0 Å². The summed E-state index contributed by atoms with van der Waals surface area (Å²) in [4.78, 5) is 2.71. The summed E-state index contributed by atoms with van der Waals surface area (Å²) >= 11 is 0. The van der Waals surface area contributed by atoms with Crippen LogP contribution in [0.15, 0.2) is 30.3 Å². The number of hydrogen-bond acceptors (Lipinski definition) is 3. The van der Waals surface area contributed by atoms with Crippen molar-refractivity contribution in [3.05, 3.63) is 35.9 Å². The molecule has 4 rings (SSSR count). The third-order valence-electron chi connectivity index (χ3n) is 5.92. The SMILES string of the molecule is c1ccc([C@@H]2COCCC23CC(N2CCNCC2)C3)cc1. The van der Waals surface area contributed by atoms with E-state index < -0.39 is 0 Å². The minimum atomic E-state index is 0.509. The largest absolute Gasteiger partial charge is 0.381 e. The number of rotatable bonds is 2. The van der Waals surface area contributed by atoms with E-state index in [-0.39, 0.29) is 0 Å². The average molecular weight is 286 g/mol. The van der Waals surface area contributed by atoms with Crippen LogP contribution in [0.3, 0.4) is 0 Å². The van der Waals surface area contributed by atoms with Gasteiger partial charge in [-0.25, -0.2) is 0 Å². The van der Waals surface area contributed by atoms with Gasteiger partial charge in [0.1, 0.15) is 0 Å². The van der Waals surface area contributed by atoms with Gasteiger partial charge in [-0.2, -0.15) is 0 Å². The highest BCUT2D eigenvalue weighted by molar-refractivity contribution is 5.25. The molecule has 0 bridgehead atoms. The molecule has 1 aromatic rings. The molecule has 3 heteroatoms. The lowest BCUT2D eigenvalue weighted by Crippen LogP contribution is -2.59. The Balaban J connectivity index is 1.48. The van der Waals surface area contributed by atoms with Crippen LogP contribution in [0.2, 0.25) is 0 Å². The summed E-state index contributed by atoms with van der Waals surface area (Å²) in [5.74, 6) is 0.603. The van der Waals surface area contributed by atoms with Crippen molar-refractivity contribution in [2.24, 2.45) is 5.41 Å². The molecule has 2 heterocycles. The molecule has 3 aliphatic rings. The van der Waals surface area contributed by atoms with E-state index in [1.54, 1.807) is 0 Å². The fraction of sp³-hybridized carbons (Fsp3) is 0.667. The zero-order valence-corrected chi connectivity index (χ0v) is 12.8. The van der Waals surface area contributed by atoms with E-state index in [1.165, 1.54) is 37.9 Å². The first kappa shape index (κ1) is 13.7. The fourth-order valence-corrected chi connectivity index (χ4v) is 4.64. The average Bonchev–Trinajstić information content (AvgIpc) is 2.54. The van der Waals surface area contributed by atoms with Crippen molar-refractivity contribution in [2.75, 3.05) is 39.4 Å². The van der Waals surface area contributed by atoms with Crippen LogP contribution in [-0.2, 0) is 4.74 Å². The number of piperazine rings is 1. The van der Waals surface area contributed by atoms with Crippen molar-refractivity contribution < 1.29 is 4.74 Å². The summed E-state index contributed by atoms with van der Waals surface area (Å²) in [7, 11) is 0. The Morgan fingerprint density at radius 3 is 2.62 bits per heavy atom. The lowest BCUT2D eigenvalue weighted by Gasteiger charge is -2.58. The van der Waals surface area contributed by atoms with E-state index in [9.17, 15) is 0 Å². The molecule has 1 atom stereocenters. The molecule has 3 fully saturated rings. The highest BCUT2D eigenvalue weighted by Crippen LogP contribution is 2.57. The van der Waals surface area contributed by atoms with Crippen LogP contribution in [0.1, 0.15) is 30.7 Å². The smallest absolute Gasteiger partial charge is 0.0540 e. The molecule has 1 aromatic carbocycles. The van der Waals surface area contributed by atoms with Crippen molar-refractivity contribution in [2.45, 2.75) is 31.2 Å². The van der Waals surface area contributed by atoms with Crippen LogP contribution < -0.4 is 5.32 Å². The minimum absolute atomic E-state index is 0.509. The third-order valence-corrected chi connectivity index (χ3v) is 5.92. The van der Waals surface area contributed by atoms with Crippen molar-refractivity contribution in [3.63, 3.8) is 0 Å². The molecule has 0 radical (unpaired) electrons. The van der Waals surface area contributed by atoms with Gasteiger partial charge in [0.25, 0.3) is 0 Å². The quantitative estimate of drug-likeness (QED) is 0.902. The maximum Gasteiger partial charge on any atom is 0.0540 e. The Morgan fingerprint density at radius 1 is 1.10 bits per heavy atom. The molecule has 114 valence electrons. The van der Waals surface area contributed by atoms with Crippen LogP contribution in [0, 0.1) is 5.41 Å². The van der Waals surface area contributed by atoms with Gasteiger partial charge in [-0.05, 0) is 30.2 Å². The molecular weight excluding hydrogens is 260 g/mol. The first-order chi connectivity index (χ1) is 10.4. The predicted octanol–water partition coefficient (Wildman–Crippen LogP) is 2.24. The monoisotopic (exact) mass is 286 g/mol. The Bertz CT molecular complexity index is 463. The van der Waals surface area contributed by atoms with Crippen LogP contribution >= 0.6 is 0 Å². The summed E-state index contributed by atoms with van der Waals surface area (Å²) in [5, 5.41) is 3.46. The molecule has 21 heavy (non-hydrogen) atoms. The number of nitrogens with one attached hydrogen (secondary N) is 1. The molecule has 2 aliphatic heterocycles. The van der Waals surface area contributed by atoms with E-state index in [0.717, 1.165) is 32.3 Å². The van der Waals surface area contributed by atoms with Crippen LogP contribution in [0.5, 0.6) is 0 Å². The first-order valence-corrected chi connectivity index (χ1v) is 8.45. The molecule has 2 saturated heterocycles. The van der Waals surface area contributed by atoms with Crippen LogP contribution in [0.25, 0.3) is 0 Å². The minimum Gasteiger partial charge on any atom is -0.381 e. The van der Waals surface area contributed by atoms with E-state index in [1.807, 2.05) is 0 Å². The van der Waals surface area contributed by atoms with E-state index in [0.29, 0.717) is 11.3 Å². The second kappa shape index (κ2) is 5.71. The molecule has 1 saturated carbocycles. The van der Waals surface area contributed by atoms with Gasteiger partial charge < -0.3 is 10.1 Å². The van der Waals surface area contributed by atoms with Gasteiger partial charge in [-0.1, -0.05) is 30.3 Å². The number of benzene rings is 1. The van der Waals surface area contributed by atoms with Gasteiger partial charge in [0.2, 0.25) is 0 Å². The summed E-state index contributed by atoms with van der Waals surface area (Å²) in [6.07, 6.45) is 3.99. The van der Waals surface area contributed by atoms with E-state index in [2.05, 4.69) is 40.5 Å². The van der Waals surface area contributed by atoms with Gasteiger partial charge in [0.15, 0.2) is 0 Å². The Morgan fingerprint density at radius 2 is 1.86 bits per heavy atom. The summed E-state index contributed by atoms with van der Waals surface area (Å²) in [6.45, 7) is 6.65. The molecular formula is C18H26N2O. The van der Waals surface area contributed by atoms with Crippen molar-refractivity contribution in [1.82, 2.24) is 10.2 Å². The van der Waals surface area contributed by atoms with Crippen LogP contribution in [-0.4, -0.2) is 50.3 Å². The molecule has 0 aromatic heterocycles. The number of hydrogen-bond donors (Lipinski definition) is 1. The summed E-state index contributed by atoms with van der Waals surface area (Å²) < 4.78 is 5.82. The summed E-state index contributed by atoms with van der Waals surface area (Å²) in [6, 6.07) is 11.9. The topological polar surface area (TPSA) is 24.5 Å². The Labute approximate surface area is 127 Å². The maximum absolute atomic E-state index is 5.82. The van der Waals surface area contributed by atoms with Gasteiger partial charge in [0.05, 0.1) is 6.61 Å². The van der Waals surface area contributed by atoms with Gasteiger partial charge in [0, 0.05) is 44.7 Å². The zero-order valence-electron chi connectivity index (χ0n) is 12.8. The van der Waals surface area contributed by atoms with Crippen molar-refractivity contribution in [1.29, 1.82) is 0 Å². The second-order valence-electron chi connectivity index (χ2n) is 7.00. The lowest BCUT2D eigenvalue weighted by molar-refractivity contribution is -0.0956. The van der Waals surface area contributed by atoms with Crippen molar-refractivity contribution in [3.8, 4) is 0 Å². The molecule has 0 unspecified atom stereocenters. The molecule has 1 N–H and O–H groups in total. The maximum atomic E-state index is 5.82. The molecule has 1 spiro atoms. The highest BCUT2D eigenvalue weighted by atomic mass is 16.5. The lowest BCUT2D eigenvalue weighted by atomic mass is 9.54. The summed E-state index contributed by atoms with van der Waals surface area (Å²) in [5.41, 5.74) is 1.99. The normalized spacial score (nSPS) is 37.3. The number of ether oxygens (including phenoxy) is 1. The van der Waals surface area contributed by atoms with Gasteiger partial charge in [-0.15, -0.1) is 0 Å². The highest BCUT2D eigenvalue weighted by Gasteiger charge is 2.52. The fourth-order valence-electron chi connectivity index (χ4n) is 4.64. The van der Waals surface area contributed by atoms with Crippen LogP contribution in [0.4, 0.5) is 0 Å². The predicted molar refractivity (Wildman–Crippen MR) is 84.5 cm³/mol. The third kappa shape index (κ3) is 2.52. The van der Waals surface area contributed by atoms with E-state index >= 15 is 0 Å². The Kier molecular flexibility index (Phi) is 3.74.